The predicted molar refractivity (Wildman–Crippen MR) is 108 cm³/mol. The number of nitrogen functional groups attached to an aromatic ring is 1. The summed E-state index contributed by atoms with van der Waals surface area (Å²) >= 11 is 0. The van der Waals surface area contributed by atoms with Crippen molar-refractivity contribution in [2.75, 3.05) is 11.1 Å². The highest BCUT2D eigenvalue weighted by molar-refractivity contribution is 5.77. The summed E-state index contributed by atoms with van der Waals surface area (Å²) in [5, 5.41) is 3.47. The molecule has 0 aliphatic rings. The van der Waals surface area contributed by atoms with Gasteiger partial charge in [-0.3, -0.25) is 9.36 Å². The standard InChI is InChI=1S/C20H18FN7O/c1-2-12-5-3-4-6-15(12)24-20-26-17(25-19(22)27-20)10-28-11-23-16-9-13(21)7-8-14(16)18(28)29/h3-9,11H,2,10H2,1H3,(H3,22,24,25,26,27). The Labute approximate surface area is 165 Å². The lowest BCUT2D eigenvalue weighted by Crippen LogP contribution is -2.23. The molecule has 0 spiro atoms. The fourth-order valence-corrected chi connectivity index (χ4v) is 3.03. The highest BCUT2D eigenvalue weighted by atomic mass is 19.1. The number of fused-ring (bicyclic) bond motifs is 1. The van der Waals surface area contributed by atoms with Crippen molar-refractivity contribution in [3.05, 3.63) is 76.4 Å². The van der Waals surface area contributed by atoms with Crippen molar-refractivity contribution in [1.82, 2.24) is 24.5 Å². The molecule has 0 atom stereocenters. The van der Waals surface area contributed by atoms with Crippen LogP contribution in [0.25, 0.3) is 10.9 Å². The first-order valence-corrected chi connectivity index (χ1v) is 9.03. The van der Waals surface area contributed by atoms with E-state index in [4.69, 9.17) is 5.73 Å². The molecule has 2 heterocycles. The molecule has 146 valence electrons. The molecule has 0 bridgehead atoms. The first-order valence-electron chi connectivity index (χ1n) is 9.03. The summed E-state index contributed by atoms with van der Waals surface area (Å²) in [6.07, 6.45) is 2.18. The van der Waals surface area contributed by atoms with Gasteiger partial charge in [0.25, 0.3) is 5.56 Å². The fraction of sp³-hybridized carbons (Fsp3) is 0.150. The van der Waals surface area contributed by atoms with Gasteiger partial charge in [0.2, 0.25) is 11.9 Å². The van der Waals surface area contributed by atoms with E-state index in [0.29, 0.717) is 16.7 Å². The van der Waals surface area contributed by atoms with E-state index >= 15 is 0 Å². The predicted octanol–water partition coefficient (Wildman–Crippen LogP) is 2.66. The van der Waals surface area contributed by atoms with Crippen LogP contribution in [0.3, 0.4) is 0 Å². The molecule has 9 heteroatoms. The van der Waals surface area contributed by atoms with Crippen molar-refractivity contribution in [3.63, 3.8) is 0 Å². The van der Waals surface area contributed by atoms with Gasteiger partial charge in [0.05, 0.1) is 23.8 Å². The summed E-state index contributed by atoms with van der Waals surface area (Å²) in [7, 11) is 0. The molecule has 0 radical (unpaired) electrons. The number of aromatic nitrogens is 5. The SMILES string of the molecule is CCc1ccccc1Nc1nc(N)nc(Cn2cnc3cc(F)ccc3c2=O)n1. The number of nitrogens with one attached hydrogen (secondary N) is 1. The summed E-state index contributed by atoms with van der Waals surface area (Å²) in [5.74, 6) is 0.183. The van der Waals surface area contributed by atoms with Crippen LogP contribution in [0.4, 0.5) is 22.0 Å². The van der Waals surface area contributed by atoms with E-state index < -0.39 is 5.82 Å². The largest absolute Gasteiger partial charge is 0.368 e. The molecular formula is C20H18FN7O. The van der Waals surface area contributed by atoms with Crippen molar-refractivity contribution in [2.45, 2.75) is 19.9 Å². The zero-order valence-corrected chi connectivity index (χ0v) is 15.6. The number of aryl methyl sites for hydroxylation is 1. The highest BCUT2D eigenvalue weighted by Gasteiger charge is 2.10. The van der Waals surface area contributed by atoms with Crippen molar-refractivity contribution >= 4 is 28.5 Å². The zero-order chi connectivity index (χ0) is 20.4. The van der Waals surface area contributed by atoms with Crippen LogP contribution in [0.2, 0.25) is 0 Å². The van der Waals surface area contributed by atoms with Crippen molar-refractivity contribution in [1.29, 1.82) is 0 Å². The normalized spacial score (nSPS) is 11.0. The Hall–Kier alpha value is -3.88. The third kappa shape index (κ3) is 3.88. The molecule has 0 saturated carbocycles. The topological polar surface area (TPSA) is 112 Å². The monoisotopic (exact) mass is 391 g/mol. The molecule has 3 N–H and O–H groups in total. The van der Waals surface area contributed by atoms with Crippen molar-refractivity contribution < 1.29 is 4.39 Å². The summed E-state index contributed by atoms with van der Waals surface area (Å²) in [6, 6.07) is 11.7. The van der Waals surface area contributed by atoms with E-state index in [9.17, 15) is 9.18 Å². The molecule has 0 aliphatic heterocycles. The molecule has 0 fully saturated rings. The number of hydrogen-bond donors (Lipinski definition) is 2. The lowest BCUT2D eigenvalue weighted by molar-refractivity contribution is 0.628. The number of hydrogen-bond acceptors (Lipinski definition) is 7. The van der Waals surface area contributed by atoms with Crippen LogP contribution in [0.5, 0.6) is 0 Å². The molecule has 29 heavy (non-hydrogen) atoms. The molecule has 0 aliphatic carbocycles. The number of para-hydroxylation sites is 1. The maximum Gasteiger partial charge on any atom is 0.261 e. The van der Waals surface area contributed by atoms with Crippen LogP contribution in [0.15, 0.2) is 53.6 Å². The average Bonchev–Trinajstić information content (AvgIpc) is 2.70. The number of benzene rings is 2. The molecule has 4 rings (SSSR count). The van der Waals surface area contributed by atoms with Crippen LogP contribution in [-0.2, 0) is 13.0 Å². The Kier molecular flexibility index (Phi) is 4.86. The number of rotatable bonds is 5. The molecule has 2 aromatic heterocycles. The third-order valence-corrected chi connectivity index (χ3v) is 4.44. The Balaban J connectivity index is 1.66. The van der Waals surface area contributed by atoms with Gasteiger partial charge in [-0.2, -0.15) is 15.0 Å². The van der Waals surface area contributed by atoms with Gasteiger partial charge >= 0.3 is 0 Å². The summed E-state index contributed by atoms with van der Waals surface area (Å²) in [4.78, 5) is 29.4. The Morgan fingerprint density at radius 2 is 1.97 bits per heavy atom. The quantitative estimate of drug-likeness (QED) is 0.538. The fourth-order valence-electron chi connectivity index (χ4n) is 3.03. The Bertz CT molecular complexity index is 1260. The van der Waals surface area contributed by atoms with Crippen molar-refractivity contribution in [3.8, 4) is 0 Å². The van der Waals surface area contributed by atoms with Gasteiger partial charge < -0.3 is 11.1 Å². The second-order valence-electron chi connectivity index (χ2n) is 6.41. The van der Waals surface area contributed by atoms with Gasteiger partial charge in [-0.15, -0.1) is 0 Å². The molecule has 0 saturated heterocycles. The van der Waals surface area contributed by atoms with Crippen LogP contribution < -0.4 is 16.6 Å². The number of nitrogens with two attached hydrogens (primary N) is 1. The van der Waals surface area contributed by atoms with Crippen LogP contribution >= 0.6 is 0 Å². The van der Waals surface area contributed by atoms with Gasteiger partial charge in [-0.05, 0) is 30.2 Å². The average molecular weight is 391 g/mol. The first kappa shape index (κ1) is 18.5. The molecule has 8 nitrogen and oxygen atoms in total. The first-order chi connectivity index (χ1) is 14.0. The second kappa shape index (κ2) is 7.63. The highest BCUT2D eigenvalue weighted by Crippen LogP contribution is 2.19. The molecule has 2 aromatic carbocycles. The van der Waals surface area contributed by atoms with Gasteiger partial charge in [-0.1, -0.05) is 25.1 Å². The zero-order valence-electron chi connectivity index (χ0n) is 15.6. The minimum atomic E-state index is -0.449. The number of anilines is 3. The smallest absolute Gasteiger partial charge is 0.261 e. The van der Waals surface area contributed by atoms with Crippen LogP contribution in [0.1, 0.15) is 18.3 Å². The lowest BCUT2D eigenvalue weighted by Gasteiger charge is -2.11. The molecule has 4 aromatic rings. The summed E-state index contributed by atoms with van der Waals surface area (Å²) in [5.41, 5.74) is 7.79. The summed E-state index contributed by atoms with van der Waals surface area (Å²) in [6.45, 7) is 2.11. The maximum atomic E-state index is 13.3. The van der Waals surface area contributed by atoms with Crippen molar-refractivity contribution in [2.24, 2.45) is 0 Å². The van der Waals surface area contributed by atoms with E-state index in [1.54, 1.807) is 0 Å². The van der Waals surface area contributed by atoms with E-state index in [0.717, 1.165) is 17.7 Å². The van der Waals surface area contributed by atoms with Crippen LogP contribution in [-0.4, -0.2) is 24.5 Å². The second-order valence-corrected chi connectivity index (χ2v) is 6.41. The van der Waals surface area contributed by atoms with E-state index in [1.807, 2.05) is 24.3 Å². The van der Waals surface area contributed by atoms with Gasteiger partial charge in [0.1, 0.15) is 5.82 Å². The van der Waals surface area contributed by atoms with E-state index in [1.165, 1.54) is 29.1 Å². The Morgan fingerprint density at radius 3 is 2.79 bits per heavy atom. The van der Waals surface area contributed by atoms with Gasteiger partial charge in [0.15, 0.2) is 5.82 Å². The maximum absolute atomic E-state index is 13.3. The van der Waals surface area contributed by atoms with Gasteiger partial charge in [0, 0.05) is 11.8 Å². The molecular weight excluding hydrogens is 373 g/mol. The van der Waals surface area contributed by atoms with E-state index in [2.05, 4.69) is 32.2 Å². The van der Waals surface area contributed by atoms with Crippen LogP contribution in [0, 0.1) is 5.82 Å². The minimum absolute atomic E-state index is 0.0374. The third-order valence-electron chi connectivity index (χ3n) is 4.44. The van der Waals surface area contributed by atoms with Gasteiger partial charge in [-0.25, -0.2) is 9.37 Å². The molecule has 0 amide bonds. The number of nitrogens with zero attached hydrogens (tertiary/aromatic N) is 5. The van der Waals surface area contributed by atoms with E-state index in [-0.39, 0.29) is 24.0 Å². The minimum Gasteiger partial charge on any atom is -0.368 e. The summed E-state index contributed by atoms with van der Waals surface area (Å²) < 4.78 is 14.7. The lowest BCUT2D eigenvalue weighted by atomic mass is 10.1. The number of halogens is 1. The molecule has 0 unspecified atom stereocenters. The Morgan fingerprint density at radius 1 is 1.14 bits per heavy atom.